The van der Waals surface area contributed by atoms with Crippen molar-refractivity contribution in [1.29, 1.82) is 0 Å². The molecule has 1 aliphatic rings. The molecule has 1 aromatic carbocycles. The Bertz CT molecular complexity index is 680. The summed E-state index contributed by atoms with van der Waals surface area (Å²) >= 11 is 1.55. The number of hydrogen-bond acceptors (Lipinski definition) is 4. The van der Waals surface area contributed by atoms with Gasteiger partial charge in [0.2, 0.25) is 5.91 Å². The molecule has 122 valence electrons. The zero-order valence-corrected chi connectivity index (χ0v) is 13.2. The van der Waals surface area contributed by atoms with E-state index in [0.29, 0.717) is 30.8 Å². The Morgan fingerprint density at radius 3 is 3.00 bits per heavy atom. The number of thioether (sulfide) groups is 1. The molecule has 1 aromatic heterocycles. The standard InChI is InChI=1S/C15H16F2N4OS/c16-11-1-2-13(17)12(7-11)14-3-4-20(5-6-23-14)15(22)8-21-10-18-9-19-21/h1-2,7,9-10,14H,3-6,8H2. The Hall–Kier alpha value is -1.96. The van der Waals surface area contributed by atoms with Gasteiger partial charge in [-0.1, -0.05) is 0 Å². The first kappa shape index (κ1) is 15.9. The molecule has 1 unspecified atom stereocenters. The molecule has 5 nitrogen and oxygen atoms in total. The van der Waals surface area contributed by atoms with Crippen molar-refractivity contribution in [3.63, 3.8) is 0 Å². The minimum Gasteiger partial charge on any atom is -0.340 e. The average molecular weight is 338 g/mol. The molecule has 1 atom stereocenters. The van der Waals surface area contributed by atoms with Crippen LogP contribution >= 0.6 is 11.8 Å². The molecule has 0 aliphatic carbocycles. The van der Waals surface area contributed by atoms with Crippen LogP contribution in [0.5, 0.6) is 0 Å². The highest BCUT2D eigenvalue weighted by Gasteiger charge is 2.24. The number of amides is 1. The second-order valence-corrected chi connectivity index (χ2v) is 6.60. The van der Waals surface area contributed by atoms with Crippen molar-refractivity contribution < 1.29 is 13.6 Å². The lowest BCUT2D eigenvalue weighted by molar-refractivity contribution is -0.131. The summed E-state index contributed by atoms with van der Waals surface area (Å²) in [5, 5.41) is 3.78. The SMILES string of the molecule is O=C(Cn1cncn1)N1CCSC(c2cc(F)ccc2F)CC1. The molecule has 1 saturated heterocycles. The summed E-state index contributed by atoms with van der Waals surface area (Å²) in [6, 6.07) is 3.53. The van der Waals surface area contributed by atoms with Crippen LogP contribution in [0.3, 0.4) is 0 Å². The van der Waals surface area contributed by atoms with E-state index in [1.165, 1.54) is 23.4 Å². The van der Waals surface area contributed by atoms with Gasteiger partial charge in [0.1, 0.15) is 30.8 Å². The molecule has 1 aliphatic heterocycles. The maximum absolute atomic E-state index is 13.9. The van der Waals surface area contributed by atoms with Gasteiger partial charge in [-0.3, -0.25) is 4.79 Å². The number of carbonyl (C=O) groups excluding carboxylic acids is 1. The molecule has 0 N–H and O–H groups in total. The molecule has 1 fully saturated rings. The Morgan fingerprint density at radius 1 is 1.35 bits per heavy atom. The van der Waals surface area contributed by atoms with E-state index in [2.05, 4.69) is 10.1 Å². The van der Waals surface area contributed by atoms with Gasteiger partial charge in [-0.05, 0) is 24.6 Å². The smallest absolute Gasteiger partial charge is 0.244 e. The Kier molecular flexibility index (Phi) is 4.90. The first-order chi connectivity index (χ1) is 11.1. The van der Waals surface area contributed by atoms with Crippen LogP contribution in [0.15, 0.2) is 30.9 Å². The van der Waals surface area contributed by atoms with Gasteiger partial charge in [0.25, 0.3) is 0 Å². The minimum absolute atomic E-state index is 0.0449. The normalized spacial score (nSPS) is 18.7. The van der Waals surface area contributed by atoms with Crippen molar-refractivity contribution in [2.45, 2.75) is 18.2 Å². The lowest BCUT2D eigenvalue weighted by Crippen LogP contribution is -2.35. The average Bonchev–Trinajstić information content (AvgIpc) is 2.91. The van der Waals surface area contributed by atoms with Crippen LogP contribution in [0.2, 0.25) is 0 Å². The van der Waals surface area contributed by atoms with E-state index < -0.39 is 11.6 Å². The monoisotopic (exact) mass is 338 g/mol. The summed E-state index contributed by atoms with van der Waals surface area (Å²) in [4.78, 5) is 17.8. The number of rotatable bonds is 3. The first-order valence-corrected chi connectivity index (χ1v) is 8.35. The fourth-order valence-corrected chi connectivity index (χ4v) is 3.82. The highest BCUT2D eigenvalue weighted by atomic mass is 32.2. The summed E-state index contributed by atoms with van der Waals surface area (Å²) < 4.78 is 28.8. The highest BCUT2D eigenvalue weighted by Crippen LogP contribution is 2.36. The molecular formula is C15H16F2N4OS. The van der Waals surface area contributed by atoms with Crippen LogP contribution in [0.1, 0.15) is 17.2 Å². The fraction of sp³-hybridized carbons (Fsp3) is 0.400. The molecule has 0 spiro atoms. The maximum Gasteiger partial charge on any atom is 0.244 e. The van der Waals surface area contributed by atoms with Gasteiger partial charge >= 0.3 is 0 Å². The van der Waals surface area contributed by atoms with Gasteiger partial charge in [0.15, 0.2) is 0 Å². The quantitative estimate of drug-likeness (QED) is 0.861. The third-order valence-electron chi connectivity index (χ3n) is 3.76. The number of carbonyl (C=O) groups is 1. The van der Waals surface area contributed by atoms with Gasteiger partial charge in [0.05, 0.1) is 0 Å². The zero-order chi connectivity index (χ0) is 16.2. The van der Waals surface area contributed by atoms with Crippen LogP contribution in [0, 0.1) is 11.6 Å². The van der Waals surface area contributed by atoms with E-state index in [0.717, 1.165) is 12.1 Å². The summed E-state index contributed by atoms with van der Waals surface area (Å²) in [5.41, 5.74) is 0.376. The number of aromatic nitrogens is 3. The van der Waals surface area contributed by atoms with Crippen LogP contribution in [0.25, 0.3) is 0 Å². The number of nitrogens with zero attached hydrogens (tertiary/aromatic N) is 4. The van der Waals surface area contributed by atoms with Crippen LogP contribution < -0.4 is 0 Å². The predicted octanol–water partition coefficient (Wildman–Crippen LogP) is 2.26. The maximum atomic E-state index is 13.9. The molecular weight excluding hydrogens is 322 g/mol. The summed E-state index contributed by atoms with van der Waals surface area (Å²) in [5.74, 6) is -0.197. The van der Waals surface area contributed by atoms with Crippen molar-refractivity contribution in [3.05, 3.63) is 48.1 Å². The van der Waals surface area contributed by atoms with Crippen LogP contribution in [-0.4, -0.2) is 44.4 Å². The molecule has 0 saturated carbocycles. The third kappa shape index (κ3) is 3.87. The van der Waals surface area contributed by atoms with Crippen LogP contribution in [-0.2, 0) is 11.3 Å². The lowest BCUT2D eigenvalue weighted by atomic mass is 10.1. The molecule has 3 rings (SSSR count). The summed E-state index contributed by atoms with van der Waals surface area (Å²) in [6.45, 7) is 1.25. The highest BCUT2D eigenvalue weighted by molar-refractivity contribution is 7.99. The Labute approximate surface area is 136 Å². The minimum atomic E-state index is -0.439. The van der Waals surface area contributed by atoms with E-state index in [4.69, 9.17) is 0 Å². The Balaban J connectivity index is 1.65. The molecule has 0 bridgehead atoms. The van der Waals surface area contributed by atoms with Gasteiger partial charge in [-0.25, -0.2) is 18.4 Å². The van der Waals surface area contributed by atoms with E-state index in [1.54, 1.807) is 16.7 Å². The first-order valence-electron chi connectivity index (χ1n) is 7.30. The molecule has 1 amide bonds. The lowest BCUT2D eigenvalue weighted by Gasteiger charge is -2.20. The number of hydrogen-bond donors (Lipinski definition) is 0. The topological polar surface area (TPSA) is 51.0 Å². The van der Waals surface area contributed by atoms with Crippen molar-refractivity contribution in [3.8, 4) is 0 Å². The largest absolute Gasteiger partial charge is 0.340 e. The van der Waals surface area contributed by atoms with Crippen molar-refractivity contribution in [1.82, 2.24) is 19.7 Å². The van der Waals surface area contributed by atoms with E-state index in [9.17, 15) is 13.6 Å². The summed E-state index contributed by atoms with van der Waals surface area (Å²) in [6.07, 6.45) is 3.47. The van der Waals surface area contributed by atoms with Gasteiger partial charge in [-0.2, -0.15) is 16.9 Å². The van der Waals surface area contributed by atoms with E-state index >= 15 is 0 Å². The van der Waals surface area contributed by atoms with Crippen molar-refractivity contribution in [2.24, 2.45) is 0 Å². The van der Waals surface area contributed by atoms with E-state index in [1.807, 2.05) is 0 Å². The molecule has 23 heavy (non-hydrogen) atoms. The van der Waals surface area contributed by atoms with Gasteiger partial charge in [-0.15, -0.1) is 0 Å². The second-order valence-electron chi connectivity index (χ2n) is 5.29. The molecule has 8 heteroatoms. The van der Waals surface area contributed by atoms with Crippen LogP contribution in [0.4, 0.5) is 8.78 Å². The number of halogens is 2. The second kappa shape index (κ2) is 7.08. The molecule has 0 radical (unpaired) electrons. The van der Waals surface area contributed by atoms with Crippen molar-refractivity contribution in [2.75, 3.05) is 18.8 Å². The van der Waals surface area contributed by atoms with Gasteiger partial charge in [0, 0.05) is 29.7 Å². The number of benzene rings is 1. The molecule has 2 aromatic rings. The third-order valence-corrected chi connectivity index (χ3v) is 5.07. The van der Waals surface area contributed by atoms with E-state index in [-0.39, 0.29) is 17.7 Å². The summed E-state index contributed by atoms with van der Waals surface area (Å²) in [7, 11) is 0. The van der Waals surface area contributed by atoms with Crippen molar-refractivity contribution >= 4 is 17.7 Å². The predicted molar refractivity (Wildman–Crippen MR) is 82.8 cm³/mol. The molecule has 2 heterocycles. The fourth-order valence-electron chi connectivity index (χ4n) is 2.58. The van der Waals surface area contributed by atoms with Gasteiger partial charge < -0.3 is 4.90 Å². The zero-order valence-electron chi connectivity index (χ0n) is 12.4. The Morgan fingerprint density at radius 2 is 2.22 bits per heavy atom.